The minimum Gasteiger partial charge on any atom is -0.322 e. The molecule has 4 aromatic rings. The van der Waals surface area contributed by atoms with E-state index < -0.39 is 0 Å². The van der Waals surface area contributed by atoms with Gasteiger partial charge in [-0.3, -0.25) is 14.3 Å². The van der Waals surface area contributed by atoms with E-state index in [4.69, 9.17) is 0 Å². The minimum atomic E-state index is -0.321. The fourth-order valence-electron chi connectivity index (χ4n) is 4.64. The Morgan fingerprint density at radius 1 is 0.950 bits per heavy atom. The smallest absolute Gasteiger partial charge is 0.255 e. The van der Waals surface area contributed by atoms with Gasteiger partial charge in [-0.05, 0) is 86.5 Å². The molecule has 2 N–H and O–H groups in total. The van der Waals surface area contributed by atoms with Crippen molar-refractivity contribution in [3.8, 4) is 11.3 Å². The Hall–Kier alpha value is -4.63. The third-order valence-corrected chi connectivity index (χ3v) is 6.80. The summed E-state index contributed by atoms with van der Waals surface area (Å²) in [5, 5.41) is 14.2. The zero-order valence-corrected chi connectivity index (χ0v) is 22.6. The second-order valence-corrected chi connectivity index (χ2v) is 9.97. The molecule has 9 heteroatoms. The fraction of sp³-hybridized carbons (Fsp3) is 0.258. The van der Waals surface area contributed by atoms with Crippen molar-refractivity contribution in [1.29, 1.82) is 0 Å². The average Bonchev–Trinajstić information content (AvgIpc) is 3.45. The lowest BCUT2D eigenvalue weighted by molar-refractivity contribution is -0.111. The number of carbonyl (C=O) groups excluding carboxylic acids is 2. The van der Waals surface area contributed by atoms with E-state index in [9.17, 15) is 9.59 Å². The number of rotatable bonds is 9. The van der Waals surface area contributed by atoms with Gasteiger partial charge < -0.3 is 15.5 Å². The second kappa shape index (κ2) is 12.9. The summed E-state index contributed by atoms with van der Waals surface area (Å²) in [5.74, 6) is -0.0997. The van der Waals surface area contributed by atoms with Crippen LogP contribution in [0.4, 0.5) is 11.5 Å². The Balaban J connectivity index is 1.13. The van der Waals surface area contributed by atoms with Gasteiger partial charge in [-0.1, -0.05) is 35.9 Å². The summed E-state index contributed by atoms with van der Waals surface area (Å²) in [7, 11) is 0. The van der Waals surface area contributed by atoms with Crippen LogP contribution in [0.2, 0.25) is 0 Å². The highest BCUT2D eigenvalue weighted by molar-refractivity contribution is 6.05. The Bertz CT molecular complexity index is 1490. The number of hydrogen-bond donors (Lipinski definition) is 2. The molecule has 1 fully saturated rings. The minimum absolute atomic E-state index is 0.211. The van der Waals surface area contributed by atoms with E-state index in [2.05, 4.69) is 30.8 Å². The number of pyridine rings is 1. The summed E-state index contributed by atoms with van der Waals surface area (Å²) in [5.41, 5.74) is 4.62. The molecule has 40 heavy (non-hydrogen) atoms. The topological polar surface area (TPSA) is 105 Å². The Morgan fingerprint density at radius 3 is 2.60 bits per heavy atom. The van der Waals surface area contributed by atoms with Crippen molar-refractivity contribution >= 4 is 29.4 Å². The summed E-state index contributed by atoms with van der Waals surface area (Å²) in [6, 6.07) is 18.3. The standard InChI is InChI=1S/C31H33N7O2/c1-23-7-5-10-27(19-23)33-31(40)25-9-6-8-24(20-25)11-14-30(39)34-29-13-12-26(21-32-29)28-22-38(36-35-28)18-17-37-15-3-2-4-16-37/h5-14,19-22H,2-4,15-18H2,1H3,(H,33,40)(H,32,34,39)/b14-11+. The van der Waals surface area contributed by atoms with Crippen molar-refractivity contribution in [3.63, 3.8) is 0 Å². The summed E-state index contributed by atoms with van der Waals surface area (Å²) in [6.45, 7) is 6.07. The normalized spacial score (nSPS) is 13.8. The third-order valence-electron chi connectivity index (χ3n) is 6.80. The predicted molar refractivity (Wildman–Crippen MR) is 157 cm³/mol. The number of aryl methyl sites for hydroxylation is 1. The van der Waals surface area contributed by atoms with E-state index in [0.29, 0.717) is 11.4 Å². The maximum absolute atomic E-state index is 12.7. The molecule has 5 rings (SSSR count). The van der Waals surface area contributed by atoms with Crippen LogP contribution in [0.25, 0.3) is 17.3 Å². The molecule has 3 heterocycles. The van der Waals surface area contributed by atoms with Crippen LogP contribution in [0.5, 0.6) is 0 Å². The number of benzene rings is 2. The molecular formula is C31H33N7O2. The van der Waals surface area contributed by atoms with Gasteiger partial charge in [0.05, 0.1) is 12.7 Å². The molecule has 2 amide bonds. The Labute approximate surface area is 233 Å². The number of nitrogens with one attached hydrogen (secondary N) is 2. The first-order valence-corrected chi connectivity index (χ1v) is 13.6. The van der Waals surface area contributed by atoms with Crippen molar-refractivity contribution in [1.82, 2.24) is 24.9 Å². The summed E-state index contributed by atoms with van der Waals surface area (Å²) >= 11 is 0. The third kappa shape index (κ3) is 7.48. The SMILES string of the molecule is Cc1cccc(NC(=O)c2cccc(/C=C/C(=O)Nc3ccc(-c4cn(CCN5CCCCC5)nn4)cn3)c2)c1. The highest BCUT2D eigenvalue weighted by Crippen LogP contribution is 2.18. The van der Waals surface area contributed by atoms with Crippen molar-refractivity contribution in [2.75, 3.05) is 30.3 Å². The molecule has 0 aliphatic carbocycles. The number of amides is 2. The molecule has 0 atom stereocenters. The number of hydrogen-bond acceptors (Lipinski definition) is 6. The first-order valence-electron chi connectivity index (χ1n) is 13.6. The first kappa shape index (κ1) is 27.0. The van der Waals surface area contributed by atoms with E-state index in [1.54, 1.807) is 36.5 Å². The number of piperidine rings is 1. The number of anilines is 2. The van der Waals surface area contributed by atoms with E-state index >= 15 is 0 Å². The van der Waals surface area contributed by atoms with Gasteiger partial charge in [-0.15, -0.1) is 5.10 Å². The number of likely N-dealkylation sites (tertiary alicyclic amines) is 1. The first-order chi connectivity index (χ1) is 19.5. The molecule has 1 aliphatic heterocycles. The van der Waals surface area contributed by atoms with Gasteiger partial charge in [0.1, 0.15) is 11.5 Å². The molecule has 0 bridgehead atoms. The largest absolute Gasteiger partial charge is 0.322 e. The van der Waals surface area contributed by atoms with Crippen LogP contribution < -0.4 is 10.6 Å². The van der Waals surface area contributed by atoms with Gasteiger partial charge in [0.2, 0.25) is 5.91 Å². The Morgan fingerprint density at radius 2 is 1.80 bits per heavy atom. The Kier molecular flexibility index (Phi) is 8.73. The lowest BCUT2D eigenvalue weighted by atomic mass is 10.1. The maximum Gasteiger partial charge on any atom is 0.255 e. The molecule has 1 saturated heterocycles. The highest BCUT2D eigenvalue weighted by atomic mass is 16.2. The van der Waals surface area contributed by atoms with Crippen LogP contribution in [0, 0.1) is 6.92 Å². The van der Waals surface area contributed by atoms with Crippen LogP contribution in [0.15, 0.2) is 79.1 Å². The van der Waals surface area contributed by atoms with Gasteiger partial charge in [0.15, 0.2) is 0 Å². The van der Waals surface area contributed by atoms with E-state index in [1.807, 2.05) is 54.2 Å². The number of carbonyl (C=O) groups is 2. The zero-order valence-electron chi connectivity index (χ0n) is 22.6. The van der Waals surface area contributed by atoms with Crippen molar-refractivity contribution in [2.24, 2.45) is 0 Å². The summed E-state index contributed by atoms with van der Waals surface area (Å²) in [6.07, 6.45) is 10.6. The van der Waals surface area contributed by atoms with Crippen LogP contribution in [-0.2, 0) is 11.3 Å². The van der Waals surface area contributed by atoms with Gasteiger partial charge in [0.25, 0.3) is 5.91 Å². The molecule has 0 unspecified atom stereocenters. The van der Waals surface area contributed by atoms with Crippen LogP contribution >= 0.6 is 0 Å². The lowest BCUT2D eigenvalue weighted by Gasteiger charge is -2.25. The van der Waals surface area contributed by atoms with E-state index in [1.165, 1.54) is 25.3 Å². The molecule has 204 valence electrons. The molecule has 9 nitrogen and oxygen atoms in total. The average molecular weight is 536 g/mol. The molecular weight excluding hydrogens is 502 g/mol. The van der Waals surface area contributed by atoms with Crippen molar-refractivity contribution < 1.29 is 9.59 Å². The molecule has 0 saturated carbocycles. The molecule has 0 radical (unpaired) electrons. The van der Waals surface area contributed by atoms with E-state index in [0.717, 1.165) is 54.3 Å². The molecule has 2 aromatic heterocycles. The molecule has 2 aromatic carbocycles. The monoisotopic (exact) mass is 535 g/mol. The van der Waals surface area contributed by atoms with E-state index in [-0.39, 0.29) is 11.8 Å². The summed E-state index contributed by atoms with van der Waals surface area (Å²) < 4.78 is 1.87. The van der Waals surface area contributed by atoms with Gasteiger partial charge in [-0.25, -0.2) is 4.98 Å². The van der Waals surface area contributed by atoms with Crippen LogP contribution in [-0.4, -0.2) is 56.3 Å². The zero-order chi connectivity index (χ0) is 27.7. The van der Waals surface area contributed by atoms with Crippen molar-refractivity contribution in [3.05, 3.63) is 95.8 Å². The highest BCUT2D eigenvalue weighted by Gasteiger charge is 2.11. The maximum atomic E-state index is 12.7. The molecule has 1 aliphatic rings. The predicted octanol–water partition coefficient (Wildman–Crippen LogP) is 5.04. The second-order valence-electron chi connectivity index (χ2n) is 9.97. The van der Waals surface area contributed by atoms with Crippen LogP contribution in [0.1, 0.15) is 40.7 Å². The van der Waals surface area contributed by atoms with Gasteiger partial charge >= 0.3 is 0 Å². The number of aromatic nitrogens is 4. The van der Waals surface area contributed by atoms with Gasteiger partial charge in [0, 0.05) is 35.6 Å². The quantitative estimate of drug-likeness (QED) is 0.291. The summed E-state index contributed by atoms with van der Waals surface area (Å²) in [4.78, 5) is 32.0. The van der Waals surface area contributed by atoms with Gasteiger partial charge in [-0.2, -0.15) is 0 Å². The molecule has 0 spiro atoms. The van der Waals surface area contributed by atoms with Crippen molar-refractivity contribution in [2.45, 2.75) is 32.7 Å². The number of nitrogens with zero attached hydrogens (tertiary/aromatic N) is 5. The fourth-order valence-corrected chi connectivity index (χ4v) is 4.64. The lowest BCUT2D eigenvalue weighted by Crippen LogP contribution is -2.32. The van der Waals surface area contributed by atoms with Crippen LogP contribution in [0.3, 0.4) is 0 Å².